The lowest BCUT2D eigenvalue weighted by Crippen LogP contribution is -2.27. The van der Waals surface area contributed by atoms with E-state index in [4.69, 9.17) is 19.6 Å². The van der Waals surface area contributed by atoms with Gasteiger partial charge >= 0.3 is 11.9 Å². The lowest BCUT2D eigenvalue weighted by atomic mass is 9.75. The molecule has 4 N–H and O–H groups in total. The van der Waals surface area contributed by atoms with Crippen LogP contribution in [0, 0.1) is 17.0 Å². The van der Waals surface area contributed by atoms with Gasteiger partial charge < -0.3 is 24.7 Å². The lowest BCUT2D eigenvalue weighted by molar-refractivity contribution is -0.139. The van der Waals surface area contributed by atoms with Gasteiger partial charge in [-0.3, -0.25) is 9.89 Å². The standard InChI is InChI=1S/C36H36F2N4O6S/c1-35(2)11-5-12-36(3,20-6-4-7-21(14-20)47-18-30(43)44)34-40-32(41-42-34)25-15-22(8-9-26(25)37)48-31-24(16-29(33(45)46)49-19-35)23-10-13-39-28(23)17-27(31)38/h4,6-10,13-15,17,29,39H,5,11-12,16,18-19H2,1-3H3,(H,43,44)(H,45,46)(H,40,41,42). The van der Waals surface area contributed by atoms with Crippen LogP contribution in [-0.2, 0) is 21.4 Å². The topological polar surface area (TPSA) is 150 Å². The Morgan fingerprint density at radius 2 is 1.88 bits per heavy atom. The number of fused-ring (bicyclic) bond motifs is 8. The summed E-state index contributed by atoms with van der Waals surface area (Å²) in [7, 11) is 0. The summed E-state index contributed by atoms with van der Waals surface area (Å²) in [5.74, 6) is -2.04. The number of halogens is 2. The van der Waals surface area contributed by atoms with Crippen LogP contribution in [0.5, 0.6) is 17.2 Å². The minimum atomic E-state index is -1.10. The Balaban J connectivity index is 1.47. The number of nitrogens with one attached hydrogen (secondary N) is 2. The van der Waals surface area contributed by atoms with Gasteiger partial charge in [0.15, 0.2) is 24.0 Å². The van der Waals surface area contributed by atoms with Gasteiger partial charge in [0.05, 0.1) is 11.0 Å². The Bertz CT molecular complexity index is 2030. The summed E-state index contributed by atoms with van der Waals surface area (Å²) in [4.78, 5) is 31.5. The molecule has 0 radical (unpaired) electrons. The lowest BCUT2D eigenvalue weighted by Gasteiger charge is -2.31. The van der Waals surface area contributed by atoms with Gasteiger partial charge in [-0.05, 0) is 79.3 Å². The van der Waals surface area contributed by atoms with Gasteiger partial charge in [0.25, 0.3) is 0 Å². The van der Waals surface area contributed by atoms with Crippen LogP contribution >= 0.6 is 11.8 Å². The van der Waals surface area contributed by atoms with Crippen LogP contribution in [0.2, 0.25) is 0 Å². The van der Waals surface area contributed by atoms with E-state index in [1.165, 1.54) is 36.0 Å². The normalized spacial score (nSPS) is 19.7. The molecule has 6 rings (SSSR count). The highest BCUT2D eigenvalue weighted by molar-refractivity contribution is 8.00. The summed E-state index contributed by atoms with van der Waals surface area (Å²) < 4.78 is 42.7. The van der Waals surface area contributed by atoms with Crippen molar-refractivity contribution >= 4 is 34.6 Å². The number of aromatic nitrogens is 4. The molecule has 0 amide bonds. The third kappa shape index (κ3) is 7.26. The van der Waals surface area contributed by atoms with E-state index in [1.54, 1.807) is 30.5 Å². The predicted octanol–water partition coefficient (Wildman–Crippen LogP) is 7.73. The second kappa shape index (κ2) is 13.5. The first kappa shape index (κ1) is 34.0. The molecule has 1 aliphatic rings. The van der Waals surface area contributed by atoms with Crippen LogP contribution in [0.3, 0.4) is 0 Å². The van der Waals surface area contributed by atoms with Gasteiger partial charge in [-0.25, -0.2) is 18.6 Å². The number of hydrogen-bond acceptors (Lipinski definition) is 7. The zero-order valence-electron chi connectivity index (χ0n) is 27.2. The van der Waals surface area contributed by atoms with Crippen molar-refractivity contribution in [2.24, 2.45) is 5.41 Å². The van der Waals surface area contributed by atoms with Gasteiger partial charge in [0, 0.05) is 28.7 Å². The van der Waals surface area contributed by atoms with Gasteiger partial charge in [0.1, 0.15) is 28.4 Å². The first-order valence-electron chi connectivity index (χ1n) is 15.8. The zero-order valence-corrected chi connectivity index (χ0v) is 28.0. The molecule has 256 valence electrons. The number of aromatic amines is 2. The Kier molecular flexibility index (Phi) is 9.39. The summed E-state index contributed by atoms with van der Waals surface area (Å²) >= 11 is 1.30. The molecule has 1 aliphatic heterocycles. The quantitative estimate of drug-likeness (QED) is 0.145. The maximum atomic E-state index is 15.7. The number of nitrogens with zero attached hydrogens (tertiary/aromatic N) is 2. The number of ether oxygens (including phenoxy) is 2. The van der Waals surface area contributed by atoms with Crippen molar-refractivity contribution in [3.05, 3.63) is 89.4 Å². The SMILES string of the molecule is CC1(C)CCCC(C)(c2cccc(OCC(=O)O)c2)c2nc(n[nH]2)-c2cc(ccc2F)Oc2c(F)cc3[nH]ccc3c2CC(C(=O)O)SC1. The average Bonchev–Trinajstić information content (AvgIpc) is 3.74. The molecule has 0 saturated carbocycles. The average molecular weight is 691 g/mol. The van der Waals surface area contributed by atoms with Crippen molar-refractivity contribution in [3.63, 3.8) is 0 Å². The van der Waals surface area contributed by atoms with Crippen LogP contribution in [0.25, 0.3) is 22.3 Å². The molecule has 10 nitrogen and oxygen atoms in total. The highest BCUT2D eigenvalue weighted by Crippen LogP contribution is 2.42. The molecule has 0 fully saturated rings. The minimum Gasteiger partial charge on any atom is -0.482 e. The molecule has 49 heavy (non-hydrogen) atoms. The maximum Gasteiger partial charge on any atom is 0.341 e. The van der Waals surface area contributed by atoms with Crippen LogP contribution in [0.1, 0.15) is 57.0 Å². The Labute approximate surface area is 285 Å². The van der Waals surface area contributed by atoms with Crippen molar-refractivity contribution in [1.82, 2.24) is 20.2 Å². The molecule has 2 unspecified atom stereocenters. The molecular weight excluding hydrogens is 654 g/mol. The zero-order chi connectivity index (χ0) is 34.9. The number of carboxylic acids is 2. The summed E-state index contributed by atoms with van der Waals surface area (Å²) in [5, 5.41) is 26.5. The second-order valence-electron chi connectivity index (χ2n) is 13.3. The smallest absolute Gasteiger partial charge is 0.341 e. The fraction of sp³-hybridized carbons (Fsp3) is 0.333. The van der Waals surface area contributed by atoms with Crippen LogP contribution in [0.4, 0.5) is 8.78 Å². The van der Waals surface area contributed by atoms with Gasteiger partial charge in [-0.15, -0.1) is 11.8 Å². The highest BCUT2D eigenvalue weighted by Gasteiger charge is 2.35. The molecule has 2 aromatic heterocycles. The van der Waals surface area contributed by atoms with E-state index in [-0.39, 0.29) is 34.7 Å². The Morgan fingerprint density at radius 1 is 1.06 bits per heavy atom. The number of rotatable bonds is 5. The third-order valence-corrected chi connectivity index (χ3v) is 10.7. The largest absolute Gasteiger partial charge is 0.482 e. The number of aliphatic carboxylic acids is 2. The van der Waals surface area contributed by atoms with E-state index in [0.29, 0.717) is 46.6 Å². The van der Waals surface area contributed by atoms with Gasteiger partial charge in [-0.2, -0.15) is 5.10 Å². The summed E-state index contributed by atoms with van der Waals surface area (Å²) in [6.07, 6.45) is 3.66. The van der Waals surface area contributed by atoms with Crippen molar-refractivity contribution in [1.29, 1.82) is 0 Å². The van der Waals surface area contributed by atoms with E-state index in [1.807, 2.05) is 13.0 Å². The first-order valence-corrected chi connectivity index (χ1v) is 16.9. The van der Waals surface area contributed by atoms with Crippen LogP contribution < -0.4 is 9.47 Å². The molecule has 0 saturated heterocycles. The summed E-state index contributed by atoms with van der Waals surface area (Å²) in [5.41, 5.74) is 0.631. The van der Waals surface area contributed by atoms with E-state index in [0.717, 1.165) is 12.0 Å². The summed E-state index contributed by atoms with van der Waals surface area (Å²) in [6, 6.07) is 14.1. The van der Waals surface area contributed by atoms with Crippen molar-refractivity contribution in [2.75, 3.05) is 12.4 Å². The second-order valence-corrected chi connectivity index (χ2v) is 14.4. The fourth-order valence-electron chi connectivity index (χ4n) is 6.22. The molecule has 0 spiro atoms. The monoisotopic (exact) mass is 690 g/mol. The number of carbonyl (C=O) groups is 2. The first-order chi connectivity index (χ1) is 23.3. The van der Waals surface area contributed by atoms with E-state index >= 15 is 8.78 Å². The van der Waals surface area contributed by atoms with Crippen molar-refractivity contribution in [2.45, 2.75) is 57.1 Å². The highest BCUT2D eigenvalue weighted by atomic mass is 32.2. The number of carboxylic acid groups (broad SMARTS) is 2. The molecule has 3 aromatic carbocycles. The minimum absolute atomic E-state index is 0.00573. The third-order valence-electron chi connectivity index (χ3n) is 8.98. The van der Waals surface area contributed by atoms with E-state index in [9.17, 15) is 14.7 Å². The molecule has 0 aliphatic carbocycles. The van der Waals surface area contributed by atoms with Gasteiger partial charge in [-0.1, -0.05) is 32.4 Å². The molecule has 13 heteroatoms. The van der Waals surface area contributed by atoms with Crippen LogP contribution in [0.15, 0.2) is 60.8 Å². The number of thioether (sulfide) groups is 1. The molecular formula is C36H36F2N4O6S. The summed E-state index contributed by atoms with van der Waals surface area (Å²) in [6.45, 7) is 5.64. The molecule has 2 atom stereocenters. The maximum absolute atomic E-state index is 15.7. The Hall–Kier alpha value is -4.91. The van der Waals surface area contributed by atoms with Crippen molar-refractivity contribution in [3.8, 4) is 28.6 Å². The molecule has 5 aromatic rings. The molecule has 4 bridgehead atoms. The molecule has 3 heterocycles. The van der Waals surface area contributed by atoms with E-state index < -0.39 is 40.8 Å². The van der Waals surface area contributed by atoms with Gasteiger partial charge in [0.2, 0.25) is 0 Å². The fourth-order valence-corrected chi connectivity index (χ4v) is 7.44. The van der Waals surface area contributed by atoms with E-state index in [2.05, 4.69) is 29.0 Å². The number of hydrogen-bond donors (Lipinski definition) is 4. The Morgan fingerprint density at radius 3 is 2.65 bits per heavy atom. The number of H-pyrrole nitrogens is 2. The van der Waals surface area contributed by atoms with Crippen molar-refractivity contribution < 1.29 is 38.1 Å². The number of benzene rings is 3. The van der Waals surface area contributed by atoms with Crippen LogP contribution in [-0.4, -0.2) is 59.9 Å². The predicted molar refractivity (Wildman–Crippen MR) is 181 cm³/mol.